The normalized spacial score (nSPS) is 52.8. The van der Waals surface area contributed by atoms with Crippen LogP contribution in [0.1, 0.15) is 44.9 Å². The summed E-state index contributed by atoms with van der Waals surface area (Å²) < 4.78 is 0.501. The van der Waals surface area contributed by atoms with E-state index in [4.69, 9.17) is 12.6 Å². The van der Waals surface area contributed by atoms with Crippen LogP contribution in [0.3, 0.4) is 0 Å². The van der Waals surface area contributed by atoms with Crippen molar-refractivity contribution in [1.82, 2.24) is 0 Å². The highest BCUT2D eigenvalue weighted by Crippen LogP contribution is 2.61. The summed E-state index contributed by atoms with van der Waals surface area (Å²) in [5, 5.41) is 0. The number of thiol groups is 1. The molecule has 0 aromatic heterocycles. The second-order valence-electron chi connectivity index (χ2n) is 5.10. The maximum Gasteiger partial charge on any atom is 0.0189 e. The van der Waals surface area contributed by atoms with Crippen LogP contribution in [-0.2, 0) is 0 Å². The van der Waals surface area contributed by atoms with Gasteiger partial charge in [-0.1, -0.05) is 6.42 Å². The quantitative estimate of drug-likeness (QED) is 0.591. The first-order valence-electron chi connectivity index (χ1n) is 5.53. The van der Waals surface area contributed by atoms with E-state index in [1.807, 2.05) is 0 Å². The van der Waals surface area contributed by atoms with Crippen LogP contribution in [0.15, 0.2) is 0 Å². The Morgan fingerprint density at radius 3 is 2.25 bits per heavy atom. The average Bonchev–Trinajstić information content (AvgIpc) is 1.97. The smallest absolute Gasteiger partial charge is 0.0189 e. The fourth-order valence-electron chi connectivity index (χ4n) is 3.59. The Labute approximate surface area is 80.5 Å². The van der Waals surface area contributed by atoms with E-state index in [0.29, 0.717) is 4.75 Å². The minimum Gasteiger partial charge on any atom is -0.172 e. The Morgan fingerprint density at radius 1 is 1.00 bits per heavy atom. The summed E-state index contributed by atoms with van der Waals surface area (Å²) in [5.74, 6) is 3.10. The zero-order chi connectivity index (χ0) is 8.18. The van der Waals surface area contributed by atoms with E-state index in [9.17, 15) is 0 Å². The Morgan fingerprint density at radius 2 is 1.83 bits per heavy atom. The fraction of sp³-hybridized carbons (Fsp3) is 1.00. The molecule has 68 valence electrons. The highest BCUT2D eigenvalue weighted by molar-refractivity contribution is 7.81. The molecule has 0 nitrogen and oxygen atoms in total. The summed E-state index contributed by atoms with van der Waals surface area (Å²) in [5.41, 5.74) is 0. The zero-order valence-electron chi connectivity index (χ0n) is 7.63. The molecule has 0 heterocycles. The lowest BCUT2D eigenvalue weighted by Gasteiger charge is -2.48. The molecule has 3 saturated carbocycles. The number of hydrogen-bond acceptors (Lipinski definition) is 1. The summed E-state index contributed by atoms with van der Waals surface area (Å²) in [7, 11) is 0. The first-order chi connectivity index (χ1) is 5.81. The lowest BCUT2D eigenvalue weighted by molar-refractivity contribution is 0.120. The number of hydrogen-bond donors (Lipinski definition) is 1. The van der Waals surface area contributed by atoms with Gasteiger partial charge >= 0.3 is 0 Å². The summed E-state index contributed by atoms with van der Waals surface area (Å²) in [6.45, 7) is 0. The lowest BCUT2D eigenvalue weighted by atomic mass is 9.64. The Balaban J connectivity index is 1.80. The molecule has 12 heavy (non-hydrogen) atoms. The predicted octanol–water partition coefficient (Wildman–Crippen LogP) is 3.28. The van der Waals surface area contributed by atoms with Gasteiger partial charge in [0.15, 0.2) is 0 Å². The molecule has 0 aromatic rings. The monoisotopic (exact) mass is 182 g/mol. The van der Waals surface area contributed by atoms with Crippen molar-refractivity contribution >= 4 is 12.6 Å². The molecule has 0 aliphatic heterocycles. The van der Waals surface area contributed by atoms with Gasteiger partial charge in [-0.25, -0.2) is 0 Å². The van der Waals surface area contributed by atoms with Crippen molar-refractivity contribution in [2.24, 2.45) is 17.8 Å². The van der Waals surface area contributed by atoms with Gasteiger partial charge in [-0.05, 0) is 56.3 Å². The Hall–Kier alpha value is 0.350. The van der Waals surface area contributed by atoms with Gasteiger partial charge in [0.25, 0.3) is 0 Å². The molecule has 0 aromatic carbocycles. The third-order valence-electron chi connectivity index (χ3n) is 4.79. The molecule has 3 atom stereocenters. The van der Waals surface area contributed by atoms with Crippen LogP contribution < -0.4 is 0 Å². The van der Waals surface area contributed by atoms with Crippen molar-refractivity contribution in [2.45, 2.75) is 49.7 Å². The van der Waals surface area contributed by atoms with Crippen LogP contribution in [0.2, 0.25) is 0 Å². The molecule has 3 fully saturated rings. The van der Waals surface area contributed by atoms with Gasteiger partial charge in [-0.3, -0.25) is 0 Å². The Kier molecular flexibility index (Phi) is 1.57. The van der Waals surface area contributed by atoms with Crippen LogP contribution in [0.4, 0.5) is 0 Å². The first-order valence-corrected chi connectivity index (χ1v) is 5.98. The highest BCUT2D eigenvalue weighted by Gasteiger charge is 2.54. The van der Waals surface area contributed by atoms with Gasteiger partial charge in [0, 0.05) is 4.75 Å². The second kappa shape index (κ2) is 2.43. The fourth-order valence-corrected chi connectivity index (χ4v) is 4.32. The van der Waals surface area contributed by atoms with Crippen molar-refractivity contribution in [3.05, 3.63) is 0 Å². The predicted molar refractivity (Wildman–Crippen MR) is 54.5 cm³/mol. The maximum absolute atomic E-state index is 5.01. The molecule has 0 bridgehead atoms. The molecular weight excluding hydrogens is 164 g/mol. The summed E-state index contributed by atoms with van der Waals surface area (Å²) >= 11 is 5.01. The first kappa shape index (κ1) is 7.73. The lowest BCUT2D eigenvalue weighted by Crippen LogP contribution is -2.44. The van der Waals surface area contributed by atoms with E-state index in [0.717, 1.165) is 17.8 Å². The van der Waals surface area contributed by atoms with E-state index < -0.39 is 0 Å². The van der Waals surface area contributed by atoms with Crippen LogP contribution in [0.5, 0.6) is 0 Å². The third-order valence-corrected chi connectivity index (χ3v) is 5.71. The van der Waals surface area contributed by atoms with Gasteiger partial charge in [-0.2, -0.15) is 12.6 Å². The van der Waals surface area contributed by atoms with Gasteiger partial charge in [0.2, 0.25) is 0 Å². The van der Waals surface area contributed by atoms with Gasteiger partial charge in [0.1, 0.15) is 0 Å². The second-order valence-corrected chi connectivity index (χ2v) is 5.93. The molecule has 1 heteroatoms. The van der Waals surface area contributed by atoms with Crippen LogP contribution in [-0.4, -0.2) is 4.75 Å². The summed E-state index contributed by atoms with van der Waals surface area (Å²) in [6, 6.07) is 0. The summed E-state index contributed by atoms with van der Waals surface area (Å²) in [4.78, 5) is 0. The zero-order valence-corrected chi connectivity index (χ0v) is 8.52. The van der Waals surface area contributed by atoms with E-state index >= 15 is 0 Å². The van der Waals surface area contributed by atoms with Crippen molar-refractivity contribution in [3.8, 4) is 0 Å². The molecule has 0 saturated heterocycles. The van der Waals surface area contributed by atoms with Gasteiger partial charge in [-0.15, -0.1) is 0 Å². The third kappa shape index (κ3) is 0.814. The van der Waals surface area contributed by atoms with Gasteiger partial charge < -0.3 is 0 Å². The van der Waals surface area contributed by atoms with Crippen molar-refractivity contribution < 1.29 is 0 Å². The molecule has 3 rings (SSSR count). The van der Waals surface area contributed by atoms with Crippen LogP contribution in [0.25, 0.3) is 0 Å². The molecule has 0 amide bonds. The minimum absolute atomic E-state index is 0.501. The molecule has 0 N–H and O–H groups in total. The van der Waals surface area contributed by atoms with Gasteiger partial charge in [0.05, 0.1) is 0 Å². The number of fused-ring (bicyclic) bond motifs is 1. The van der Waals surface area contributed by atoms with Crippen LogP contribution >= 0.6 is 12.6 Å². The maximum atomic E-state index is 5.01. The van der Waals surface area contributed by atoms with Crippen molar-refractivity contribution in [3.63, 3.8) is 0 Å². The average molecular weight is 182 g/mol. The SMILES string of the molecule is SC1(C2CCC2)CCC2CCC21. The topological polar surface area (TPSA) is 0 Å². The molecule has 3 aliphatic carbocycles. The van der Waals surface area contributed by atoms with Crippen LogP contribution in [0, 0.1) is 17.8 Å². The molecule has 0 radical (unpaired) electrons. The standard InChI is InChI=1S/C11H18S/c12-11(9-2-1-3-9)7-6-8-4-5-10(8)11/h8-10,12H,1-7H2. The highest BCUT2D eigenvalue weighted by atomic mass is 32.1. The van der Waals surface area contributed by atoms with Crippen molar-refractivity contribution in [1.29, 1.82) is 0 Å². The van der Waals surface area contributed by atoms with E-state index in [1.54, 1.807) is 0 Å². The molecule has 3 aliphatic rings. The van der Waals surface area contributed by atoms with Crippen molar-refractivity contribution in [2.75, 3.05) is 0 Å². The number of rotatable bonds is 1. The van der Waals surface area contributed by atoms with E-state index in [2.05, 4.69) is 0 Å². The molecular formula is C11H18S. The molecule has 3 unspecified atom stereocenters. The summed E-state index contributed by atoms with van der Waals surface area (Å²) in [6.07, 6.45) is 10.4. The molecule has 0 spiro atoms. The minimum atomic E-state index is 0.501. The van der Waals surface area contributed by atoms with E-state index in [-0.39, 0.29) is 0 Å². The Bertz CT molecular complexity index is 197. The largest absolute Gasteiger partial charge is 0.172 e. The van der Waals surface area contributed by atoms with E-state index in [1.165, 1.54) is 44.9 Å².